The molecule has 1 fully saturated rings. The summed E-state index contributed by atoms with van der Waals surface area (Å²) in [4.78, 5) is 18.9. The molecule has 5 nitrogen and oxygen atoms in total. The lowest BCUT2D eigenvalue weighted by molar-refractivity contribution is -0.115. The van der Waals surface area contributed by atoms with Crippen molar-refractivity contribution in [3.05, 3.63) is 40.3 Å². The van der Waals surface area contributed by atoms with Crippen molar-refractivity contribution in [1.29, 1.82) is 0 Å². The highest BCUT2D eigenvalue weighted by Crippen LogP contribution is 2.22. The Hall–Kier alpha value is -1.92. The van der Waals surface area contributed by atoms with Gasteiger partial charge in [-0.1, -0.05) is 0 Å². The van der Waals surface area contributed by atoms with Crippen molar-refractivity contribution in [2.45, 2.75) is 32.3 Å². The Balaban J connectivity index is 1.53. The molecule has 1 amide bonds. The van der Waals surface area contributed by atoms with Gasteiger partial charge in [-0.15, -0.1) is 11.3 Å². The van der Waals surface area contributed by atoms with Crippen LogP contribution >= 0.6 is 11.3 Å². The van der Waals surface area contributed by atoms with Gasteiger partial charge in [-0.25, -0.2) is 4.98 Å². The van der Waals surface area contributed by atoms with Crippen molar-refractivity contribution in [1.82, 2.24) is 4.98 Å². The number of thiazole rings is 1. The lowest BCUT2D eigenvalue weighted by Crippen LogP contribution is -2.29. The Morgan fingerprint density at radius 3 is 2.71 bits per heavy atom. The molecule has 1 aromatic carbocycles. The van der Waals surface area contributed by atoms with Crippen LogP contribution in [-0.4, -0.2) is 31.1 Å². The number of hydrogen-bond donors (Lipinski definition) is 1. The predicted molar refractivity (Wildman–Crippen MR) is 97.7 cm³/mol. The molecule has 0 radical (unpaired) electrons. The summed E-state index contributed by atoms with van der Waals surface area (Å²) in [7, 11) is 1.64. The van der Waals surface area contributed by atoms with Gasteiger partial charge in [0.15, 0.2) is 0 Å². The van der Waals surface area contributed by atoms with Crippen LogP contribution in [0.2, 0.25) is 0 Å². The van der Waals surface area contributed by atoms with E-state index in [9.17, 15) is 4.79 Å². The summed E-state index contributed by atoms with van der Waals surface area (Å²) in [6.45, 7) is 2.74. The summed E-state index contributed by atoms with van der Waals surface area (Å²) in [5.41, 5.74) is 2.85. The van der Waals surface area contributed by atoms with Gasteiger partial charge >= 0.3 is 0 Å². The van der Waals surface area contributed by atoms with E-state index in [0.29, 0.717) is 6.61 Å². The molecule has 0 aliphatic carbocycles. The molecule has 0 unspecified atom stereocenters. The lowest BCUT2D eigenvalue weighted by Gasteiger charge is -2.28. The minimum Gasteiger partial charge on any atom is -0.378 e. The lowest BCUT2D eigenvalue weighted by atomic mass is 10.1. The van der Waals surface area contributed by atoms with Crippen LogP contribution in [0.5, 0.6) is 0 Å². The first-order valence-corrected chi connectivity index (χ1v) is 9.19. The maximum absolute atomic E-state index is 12.1. The molecule has 3 rings (SSSR count). The fraction of sp³-hybridized carbons (Fsp3) is 0.444. The number of hydrogen-bond acceptors (Lipinski definition) is 5. The number of benzene rings is 1. The maximum Gasteiger partial charge on any atom is 0.230 e. The van der Waals surface area contributed by atoms with Crippen LogP contribution in [0, 0.1) is 0 Å². The maximum atomic E-state index is 12.1. The number of carbonyl (C=O) groups is 1. The first kappa shape index (κ1) is 16.9. The summed E-state index contributed by atoms with van der Waals surface area (Å²) in [6, 6.07) is 8.11. The molecule has 1 aliphatic heterocycles. The van der Waals surface area contributed by atoms with Crippen molar-refractivity contribution in [2.24, 2.45) is 0 Å². The molecular weight excluding hydrogens is 322 g/mol. The SMILES string of the molecule is COCc1nc(CC(=O)Nc2ccc(N3CCCCC3)cc2)cs1. The topological polar surface area (TPSA) is 54.5 Å². The summed E-state index contributed by atoms with van der Waals surface area (Å²) >= 11 is 1.52. The molecular formula is C18H23N3O2S. The standard InChI is InChI=1S/C18H23N3O2S/c1-23-12-18-20-15(13-24-18)11-17(22)19-14-5-7-16(8-6-14)21-9-3-2-4-10-21/h5-8,13H,2-4,9-12H2,1H3,(H,19,22). The molecule has 0 spiro atoms. The molecule has 1 aromatic heterocycles. The fourth-order valence-corrected chi connectivity index (χ4v) is 3.66. The Bertz CT molecular complexity index is 663. The van der Waals surface area contributed by atoms with E-state index in [1.807, 2.05) is 17.5 Å². The second kappa shape index (κ2) is 8.26. The van der Waals surface area contributed by atoms with Gasteiger partial charge in [0, 0.05) is 37.0 Å². The van der Waals surface area contributed by atoms with E-state index in [1.54, 1.807) is 7.11 Å². The highest BCUT2D eigenvalue weighted by atomic mass is 32.1. The number of amides is 1. The second-order valence-corrected chi connectivity index (χ2v) is 6.93. The van der Waals surface area contributed by atoms with E-state index >= 15 is 0 Å². The Morgan fingerprint density at radius 1 is 1.25 bits per heavy atom. The van der Waals surface area contributed by atoms with Crippen molar-refractivity contribution in [3.8, 4) is 0 Å². The third-order valence-electron chi connectivity index (χ3n) is 4.08. The average molecular weight is 345 g/mol. The molecule has 1 aliphatic rings. The third-order valence-corrected chi connectivity index (χ3v) is 4.95. The van der Waals surface area contributed by atoms with Crippen molar-refractivity contribution < 1.29 is 9.53 Å². The number of methoxy groups -OCH3 is 1. The monoisotopic (exact) mass is 345 g/mol. The van der Waals surface area contributed by atoms with Crippen molar-refractivity contribution >= 4 is 28.6 Å². The summed E-state index contributed by atoms with van der Waals surface area (Å²) in [5.74, 6) is -0.0463. The minimum atomic E-state index is -0.0463. The Morgan fingerprint density at radius 2 is 2.00 bits per heavy atom. The van der Waals surface area contributed by atoms with Gasteiger partial charge < -0.3 is 15.0 Å². The molecule has 6 heteroatoms. The minimum absolute atomic E-state index is 0.0463. The van der Waals surface area contributed by atoms with Crippen LogP contribution in [0.3, 0.4) is 0 Å². The summed E-state index contributed by atoms with van der Waals surface area (Å²) in [5, 5.41) is 5.74. The highest BCUT2D eigenvalue weighted by Gasteiger charge is 2.11. The zero-order chi connectivity index (χ0) is 16.8. The van der Waals surface area contributed by atoms with Gasteiger partial charge in [0.2, 0.25) is 5.91 Å². The van der Waals surface area contributed by atoms with Gasteiger partial charge in [-0.2, -0.15) is 0 Å². The smallest absolute Gasteiger partial charge is 0.230 e. The first-order valence-electron chi connectivity index (χ1n) is 8.31. The molecule has 0 bridgehead atoms. The van der Waals surface area contributed by atoms with E-state index in [-0.39, 0.29) is 12.3 Å². The number of nitrogens with zero attached hydrogens (tertiary/aromatic N) is 2. The Kier molecular flexibility index (Phi) is 5.82. The van der Waals surface area contributed by atoms with E-state index < -0.39 is 0 Å². The molecule has 128 valence electrons. The van der Waals surface area contributed by atoms with Gasteiger partial charge in [-0.3, -0.25) is 4.79 Å². The molecule has 1 N–H and O–H groups in total. The number of piperidine rings is 1. The zero-order valence-corrected chi connectivity index (χ0v) is 14.8. The van der Waals surface area contributed by atoms with Crippen LogP contribution in [0.25, 0.3) is 0 Å². The van der Waals surface area contributed by atoms with Gasteiger partial charge in [0.05, 0.1) is 18.7 Å². The zero-order valence-electron chi connectivity index (χ0n) is 14.0. The normalized spacial score (nSPS) is 14.6. The van der Waals surface area contributed by atoms with Crippen LogP contribution in [0.15, 0.2) is 29.6 Å². The van der Waals surface area contributed by atoms with E-state index in [0.717, 1.165) is 29.5 Å². The van der Waals surface area contributed by atoms with Gasteiger partial charge in [0.25, 0.3) is 0 Å². The largest absolute Gasteiger partial charge is 0.378 e. The number of aromatic nitrogens is 1. The molecule has 0 atom stereocenters. The van der Waals surface area contributed by atoms with Gasteiger partial charge in [-0.05, 0) is 43.5 Å². The number of anilines is 2. The predicted octanol–water partition coefficient (Wildman–Crippen LogP) is 3.46. The number of nitrogens with one attached hydrogen (secondary N) is 1. The van der Waals surface area contributed by atoms with Crippen LogP contribution in [-0.2, 0) is 22.6 Å². The highest BCUT2D eigenvalue weighted by molar-refractivity contribution is 7.09. The molecule has 0 saturated carbocycles. The Labute approximate surface area is 146 Å². The average Bonchev–Trinajstić information content (AvgIpc) is 3.03. The number of rotatable bonds is 6. The summed E-state index contributed by atoms with van der Waals surface area (Å²) in [6.07, 6.45) is 4.13. The van der Waals surface area contributed by atoms with Crippen molar-refractivity contribution in [3.63, 3.8) is 0 Å². The van der Waals surface area contributed by atoms with E-state index in [2.05, 4.69) is 27.3 Å². The molecule has 24 heavy (non-hydrogen) atoms. The number of ether oxygens (including phenoxy) is 1. The molecule has 2 aromatic rings. The van der Waals surface area contributed by atoms with Gasteiger partial charge in [0.1, 0.15) is 5.01 Å². The third kappa shape index (κ3) is 4.55. The van der Waals surface area contributed by atoms with Crippen molar-refractivity contribution in [2.75, 3.05) is 30.4 Å². The van der Waals surface area contributed by atoms with Crippen LogP contribution < -0.4 is 10.2 Å². The van der Waals surface area contributed by atoms with E-state index in [1.165, 1.54) is 36.3 Å². The summed E-state index contributed by atoms with van der Waals surface area (Å²) < 4.78 is 5.05. The van der Waals surface area contributed by atoms with Crippen LogP contribution in [0.1, 0.15) is 30.0 Å². The number of carbonyl (C=O) groups excluding carboxylic acids is 1. The van der Waals surface area contributed by atoms with E-state index in [4.69, 9.17) is 4.74 Å². The fourth-order valence-electron chi connectivity index (χ4n) is 2.90. The first-order chi connectivity index (χ1) is 11.7. The molecule has 1 saturated heterocycles. The quantitative estimate of drug-likeness (QED) is 0.871. The second-order valence-electron chi connectivity index (χ2n) is 5.99. The van der Waals surface area contributed by atoms with Crippen LogP contribution in [0.4, 0.5) is 11.4 Å². The molecule has 2 heterocycles.